The molecule has 1 aliphatic carbocycles. The van der Waals surface area contributed by atoms with E-state index in [1.54, 1.807) is 12.1 Å². The third kappa shape index (κ3) is 6.12. The fraction of sp³-hybridized carbons (Fsp3) is 0.355. The SMILES string of the molecule is O=C(O)c1ccc(N(Cc2ccc(C3CCCCC3)cc2)C(=O)C2CCCN2S(=O)(=O)c2c(F)c(F)c(F)c(F)c2F)cc1O. The summed E-state index contributed by atoms with van der Waals surface area (Å²) in [5, 5.41) is 19.7. The van der Waals surface area contributed by atoms with E-state index in [2.05, 4.69) is 0 Å². The van der Waals surface area contributed by atoms with Gasteiger partial charge in [-0.15, -0.1) is 0 Å². The highest BCUT2D eigenvalue weighted by Gasteiger charge is 2.45. The summed E-state index contributed by atoms with van der Waals surface area (Å²) in [6, 6.07) is 9.10. The lowest BCUT2D eigenvalue weighted by Crippen LogP contribution is -2.48. The number of anilines is 1. The highest BCUT2D eigenvalue weighted by molar-refractivity contribution is 7.89. The van der Waals surface area contributed by atoms with Crippen LogP contribution in [0.15, 0.2) is 47.4 Å². The first-order valence-corrected chi connectivity index (χ1v) is 15.8. The predicted octanol–water partition coefficient (Wildman–Crippen LogP) is 6.22. The summed E-state index contributed by atoms with van der Waals surface area (Å²) < 4.78 is 98.0. The Kier molecular flexibility index (Phi) is 9.17. The number of rotatable bonds is 8. The van der Waals surface area contributed by atoms with Gasteiger partial charge in [0.05, 0.1) is 6.54 Å². The molecule has 0 radical (unpaired) electrons. The molecule has 0 bridgehead atoms. The molecule has 3 aromatic rings. The Balaban J connectivity index is 1.52. The molecule has 45 heavy (non-hydrogen) atoms. The third-order valence-corrected chi connectivity index (χ3v) is 10.3. The third-order valence-electron chi connectivity index (χ3n) is 8.41. The number of aromatic carboxylic acids is 1. The number of sulfonamides is 1. The molecular formula is C31H29F5N2O6S. The van der Waals surface area contributed by atoms with E-state index in [1.165, 1.54) is 12.5 Å². The molecule has 1 saturated heterocycles. The summed E-state index contributed by atoms with van der Waals surface area (Å²) >= 11 is 0. The molecule has 0 aromatic heterocycles. The summed E-state index contributed by atoms with van der Waals surface area (Å²) in [7, 11) is -5.43. The van der Waals surface area contributed by atoms with Crippen molar-refractivity contribution in [3.63, 3.8) is 0 Å². The Hall–Kier alpha value is -4.04. The number of hydrogen-bond donors (Lipinski definition) is 2. The number of amides is 1. The molecule has 240 valence electrons. The number of aromatic hydroxyl groups is 1. The lowest BCUT2D eigenvalue weighted by atomic mass is 9.84. The van der Waals surface area contributed by atoms with E-state index in [1.807, 2.05) is 12.1 Å². The van der Waals surface area contributed by atoms with Gasteiger partial charge in [0.25, 0.3) is 0 Å². The Bertz CT molecular complexity index is 1720. The maximum absolute atomic E-state index is 14.6. The molecule has 1 amide bonds. The van der Waals surface area contributed by atoms with E-state index >= 15 is 0 Å². The molecule has 1 atom stereocenters. The van der Waals surface area contributed by atoms with Gasteiger partial charge in [0, 0.05) is 18.3 Å². The van der Waals surface area contributed by atoms with Crippen LogP contribution in [0.2, 0.25) is 0 Å². The van der Waals surface area contributed by atoms with Crippen LogP contribution in [0, 0.1) is 29.1 Å². The number of carbonyl (C=O) groups excluding carboxylic acids is 1. The van der Waals surface area contributed by atoms with Crippen molar-refractivity contribution < 1.29 is 50.2 Å². The van der Waals surface area contributed by atoms with Crippen LogP contribution in [0.1, 0.15) is 72.3 Å². The van der Waals surface area contributed by atoms with Crippen molar-refractivity contribution >= 4 is 27.6 Å². The highest BCUT2D eigenvalue weighted by atomic mass is 32.2. The first kappa shape index (κ1) is 32.4. The van der Waals surface area contributed by atoms with Gasteiger partial charge in [-0.2, -0.15) is 4.31 Å². The molecule has 1 heterocycles. The van der Waals surface area contributed by atoms with Gasteiger partial charge in [0.2, 0.25) is 21.7 Å². The Morgan fingerprint density at radius 3 is 2.00 bits per heavy atom. The number of carboxylic acids is 1. The van der Waals surface area contributed by atoms with E-state index < -0.39 is 79.8 Å². The maximum atomic E-state index is 14.6. The summed E-state index contributed by atoms with van der Waals surface area (Å²) in [5.41, 5.74) is 1.24. The van der Waals surface area contributed by atoms with Crippen LogP contribution in [0.25, 0.3) is 0 Å². The first-order valence-electron chi connectivity index (χ1n) is 14.3. The van der Waals surface area contributed by atoms with Crippen LogP contribution in [0.5, 0.6) is 5.75 Å². The zero-order chi connectivity index (χ0) is 32.6. The minimum Gasteiger partial charge on any atom is -0.507 e. The lowest BCUT2D eigenvalue weighted by molar-refractivity contribution is -0.121. The normalized spacial score (nSPS) is 17.8. The molecule has 5 rings (SSSR count). The number of carbonyl (C=O) groups is 2. The van der Waals surface area contributed by atoms with Crippen molar-refractivity contribution in [1.82, 2.24) is 4.31 Å². The van der Waals surface area contributed by atoms with Crippen LogP contribution < -0.4 is 4.90 Å². The van der Waals surface area contributed by atoms with Gasteiger partial charge in [-0.3, -0.25) is 4.79 Å². The monoisotopic (exact) mass is 652 g/mol. The molecule has 1 unspecified atom stereocenters. The van der Waals surface area contributed by atoms with Gasteiger partial charge >= 0.3 is 5.97 Å². The number of carboxylic acid groups (broad SMARTS) is 1. The smallest absolute Gasteiger partial charge is 0.339 e. The van der Waals surface area contributed by atoms with Crippen LogP contribution in [0.4, 0.5) is 27.6 Å². The number of benzene rings is 3. The summed E-state index contributed by atoms with van der Waals surface area (Å²) in [4.78, 5) is 24.5. The molecule has 3 aromatic carbocycles. The van der Waals surface area contributed by atoms with Crippen molar-refractivity contribution in [3.05, 3.63) is 88.2 Å². The van der Waals surface area contributed by atoms with E-state index in [0.29, 0.717) is 15.8 Å². The van der Waals surface area contributed by atoms with Gasteiger partial charge in [0.1, 0.15) is 17.4 Å². The second-order valence-corrected chi connectivity index (χ2v) is 13.0. The van der Waals surface area contributed by atoms with E-state index in [-0.39, 0.29) is 25.1 Å². The number of hydrogen-bond acceptors (Lipinski definition) is 5. The largest absolute Gasteiger partial charge is 0.507 e. The van der Waals surface area contributed by atoms with Gasteiger partial charge in [-0.05, 0) is 54.9 Å². The Morgan fingerprint density at radius 2 is 1.42 bits per heavy atom. The van der Waals surface area contributed by atoms with Gasteiger partial charge in [-0.25, -0.2) is 35.2 Å². The fourth-order valence-electron chi connectivity index (χ4n) is 6.06. The van der Waals surface area contributed by atoms with Crippen LogP contribution in [-0.4, -0.2) is 47.4 Å². The van der Waals surface area contributed by atoms with Gasteiger partial charge in [0.15, 0.2) is 28.2 Å². The molecule has 2 fully saturated rings. The van der Waals surface area contributed by atoms with Crippen molar-refractivity contribution in [2.75, 3.05) is 11.4 Å². The molecule has 8 nitrogen and oxygen atoms in total. The minimum absolute atomic E-state index is 0.0145. The summed E-state index contributed by atoms with van der Waals surface area (Å²) in [6.07, 6.45) is 5.40. The van der Waals surface area contributed by atoms with Gasteiger partial charge in [-0.1, -0.05) is 43.5 Å². The number of nitrogens with zero attached hydrogens (tertiary/aromatic N) is 2. The average molecular weight is 653 g/mol. The molecule has 1 aliphatic heterocycles. The lowest BCUT2D eigenvalue weighted by Gasteiger charge is -2.30. The molecular weight excluding hydrogens is 623 g/mol. The second kappa shape index (κ2) is 12.8. The quantitative estimate of drug-likeness (QED) is 0.170. The molecule has 2 N–H and O–H groups in total. The molecule has 14 heteroatoms. The first-order chi connectivity index (χ1) is 21.3. The van der Waals surface area contributed by atoms with Crippen LogP contribution >= 0.6 is 0 Å². The van der Waals surface area contributed by atoms with Crippen LogP contribution in [-0.2, 0) is 21.4 Å². The zero-order valence-electron chi connectivity index (χ0n) is 23.8. The van der Waals surface area contributed by atoms with Crippen LogP contribution in [0.3, 0.4) is 0 Å². The predicted molar refractivity (Wildman–Crippen MR) is 152 cm³/mol. The number of halogens is 5. The van der Waals surface area contributed by atoms with Crippen molar-refractivity contribution in [3.8, 4) is 5.75 Å². The zero-order valence-corrected chi connectivity index (χ0v) is 24.6. The standard InChI is InChI=1S/C31H29F5N2O6S/c32-24-25(33)27(35)29(28(36)26(24)34)45(43,44)38-14-4-7-22(38)30(40)37(20-12-13-21(31(41)42)23(39)15-20)16-17-8-10-19(11-9-17)18-5-2-1-3-6-18/h8-13,15,18,22,39H,1-7,14,16H2,(H,41,42). The fourth-order valence-corrected chi connectivity index (χ4v) is 7.83. The molecule has 0 spiro atoms. The highest BCUT2D eigenvalue weighted by Crippen LogP contribution is 2.36. The minimum atomic E-state index is -5.43. The topological polar surface area (TPSA) is 115 Å². The van der Waals surface area contributed by atoms with E-state index in [9.17, 15) is 50.2 Å². The Labute approximate surface area is 255 Å². The Morgan fingerprint density at radius 1 is 0.822 bits per heavy atom. The average Bonchev–Trinajstić information content (AvgIpc) is 3.53. The summed E-state index contributed by atoms with van der Waals surface area (Å²) in [6.45, 7) is -0.631. The molecule has 2 aliphatic rings. The van der Waals surface area contributed by atoms with Gasteiger partial charge < -0.3 is 15.1 Å². The second-order valence-electron chi connectivity index (χ2n) is 11.2. The van der Waals surface area contributed by atoms with Crippen molar-refractivity contribution in [1.29, 1.82) is 0 Å². The maximum Gasteiger partial charge on any atom is 0.339 e. The van der Waals surface area contributed by atoms with E-state index in [4.69, 9.17) is 0 Å². The van der Waals surface area contributed by atoms with Crippen molar-refractivity contribution in [2.45, 2.75) is 68.3 Å². The molecule has 1 saturated carbocycles. The summed E-state index contributed by atoms with van der Waals surface area (Å²) in [5.74, 6) is -15.1. The van der Waals surface area contributed by atoms with Crippen molar-refractivity contribution in [2.24, 2.45) is 0 Å². The number of phenols is 1. The van der Waals surface area contributed by atoms with E-state index in [0.717, 1.165) is 48.3 Å².